The fraction of sp³-hybridized carbons (Fsp3) is 0.654. The SMILES string of the molecule is Cc1ccc(S(=O)(=O)N2CCC(C(=O)N3CCC[C@@H](c4nnc5n4CCCCC5)C3)CC2)cc1C. The quantitative estimate of drug-likeness (QED) is 0.643. The first-order valence-corrected chi connectivity index (χ1v) is 14.6. The Morgan fingerprint density at radius 3 is 2.49 bits per heavy atom. The molecule has 0 saturated carbocycles. The van der Waals surface area contributed by atoms with Crippen LogP contribution in [-0.4, -0.2) is 64.5 Å². The number of piperidine rings is 2. The van der Waals surface area contributed by atoms with Crippen molar-refractivity contribution >= 4 is 15.9 Å². The Kier molecular flexibility index (Phi) is 6.99. The topological polar surface area (TPSA) is 88.4 Å². The standard InChI is InChI=1S/C26H37N5O3S/c1-19-9-10-23(17-20(19)2)35(33,34)30-15-11-21(12-16-30)26(32)29-13-6-7-22(18-29)25-28-27-24-8-4-3-5-14-31(24)25/h9-10,17,21-22H,3-8,11-16,18H2,1-2H3/t22-/m1/s1. The Balaban J connectivity index is 1.22. The van der Waals surface area contributed by atoms with Crippen molar-refractivity contribution in [3.05, 3.63) is 41.0 Å². The van der Waals surface area contributed by atoms with Crippen LogP contribution in [0.2, 0.25) is 0 Å². The second-order valence-corrected chi connectivity index (χ2v) is 12.4. The maximum atomic E-state index is 13.4. The first-order valence-electron chi connectivity index (χ1n) is 13.1. The molecule has 9 heteroatoms. The van der Waals surface area contributed by atoms with Crippen LogP contribution in [0.3, 0.4) is 0 Å². The molecule has 0 bridgehead atoms. The van der Waals surface area contributed by atoms with Crippen molar-refractivity contribution < 1.29 is 13.2 Å². The van der Waals surface area contributed by atoms with E-state index in [2.05, 4.69) is 14.8 Å². The molecule has 1 atom stereocenters. The zero-order valence-electron chi connectivity index (χ0n) is 20.9. The molecule has 8 nitrogen and oxygen atoms in total. The van der Waals surface area contributed by atoms with Crippen LogP contribution < -0.4 is 0 Å². The number of amides is 1. The van der Waals surface area contributed by atoms with Crippen molar-refractivity contribution in [2.45, 2.75) is 82.6 Å². The van der Waals surface area contributed by atoms with E-state index in [4.69, 9.17) is 0 Å². The minimum absolute atomic E-state index is 0.115. The molecule has 0 unspecified atom stereocenters. The highest BCUT2D eigenvalue weighted by molar-refractivity contribution is 7.89. The highest BCUT2D eigenvalue weighted by Crippen LogP contribution is 2.31. The van der Waals surface area contributed by atoms with Crippen molar-refractivity contribution in [1.82, 2.24) is 24.0 Å². The van der Waals surface area contributed by atoms with Crippen LogP contribution in [-0.2, 0) is 27.8 Å². The van der Waals surface area contributed by atoms with Crippen LogP contribution in [0.25, 0.3) is 0 Å². The van der Waals surface area contributed by atoms with Gasteiger partial charge < -0.3 is 9.47 Å². The molecule has 190 valence electrons. The van der Waals surface area contributed by atoms with E-state index in [0.717, 1.165) is 61.5 Å². The number of fused-ring (bicyclic) bond motifs is 1. The van der Waals surface area contributed by atoms with E-state index in [-0.39, 0.29) is 17.7 Å². The third-order valence-corrected chi connectivity index (χ3v) is 10.1. The minimum atomic E-state index is -3.54. The number of likely N-dealkylation sites (tertiary alicyclic amines) is 1. The highest BCUT2D eigenvalue weighted by Gasteiger charge is 2.36. The van der Waals surface area contributed by atoms with E-state index in [9.17, 15) is 13.2 Å². The summed E-state index contributed by atoms with van der Waals surface area (Å²) in [5.41, 5.74) is 2.05. The van der Waals surface area contributed by atoms with Crippen LogP contribution in [0.4, 0.5) is 0 Å². The summed E-state index contributed by atoms with van der Waals surface area (Å²) in [6, 6.07) is 5.30. The molecule has 4 heterocycles. The Bertz CT molecular complexity index is 1180. The van der Waals surface area contributed by atoms with E-state index in [1.165, 1.54) is 12.8 Å². The number of rotatable bonds is 4. The lowest BCUT2D eigenvalue weighted by molar-refractivity contribution is -0.138. The number of carbonyl (C=O) groups is 1. The van der Waals surface area contributed by atoms with Gasteiger partial charge in [-0.25, -0.2) is 8.42 Å². The van der Waals surface area contributed by atoms with Crippen molar-refractivity contribution in [3.63, 3.8) is 0 Å². The summed E-state index contributed by atoms with van der Waals surface area (Å²) in [6.45, 7) is 7.14. The number of carbonyl (C=O) groups excluding carboxylic acids is 1. The number of aromatic nitrogens is 3. The average molecular weight is 500 g/mol. The second-order valence-electron chi connectivity index (χ2n) is 10.5. The molecule has 5 rings (SSSR count). The number of hydrogen-bond donors (Lipinski definition) is 0. The van der Waals surface area contributed by atoms with Crippen molar-refractivity contribution in [2.24, 2.45) is 5.92 Å². The third kappa shape index (κ3) is 4.89. The van der Waals surface area contributed by atoms with Crippen molar-refractivity contribution in [1.29, 1.82) is 0 Å². The first kappa shape index (κ1) is 24.4. The van der Waals surface area contributed by atoms with E-state index in [1.807, 2.05) is 24.8 Å². The molecule has 2 saturated heterocycles. The predicted octanol–water partition coefficient (Wildman–Crippen LogP) is 3.43. The molecule has 0 aliphatic carbocycles. The number of sulfonamides is 1. The van der Waals surface area contributed by atoms with E-state index < -0.39 is 10.0 Å². The van der Waals surface area contributed by atoms with Crippen LogP contribution in [0.15, 0.2) is 23.1 Å². The number of benzene rings is 1. The first-order chi connectivity index (χ1) is 16.8. The Morgan fingerprint density at radius 2 is 1.71 bits per heavy atom. The van der Waals surface area contributed by atoms with Gasteiger partial charge in [0, 0.05) is 51.0 Å². The van der Waals surface area contributed by atoms with Gasteiger partial charge in [-0.2, -0.15) is 4.31 Å². The predicted molar refractivity (Wildman–Crippen MR) is 134 cm³/mol. The summed E-state index contributed by atoms with van der Waals surface area (Å²) in [4.78, 5) is 15.8. The lowest BCUT2D eigenvalue weighted by atomic mass is 9.92. The summed E-state index contributed by atoms with van der Waals surface area (Å²) < 4.78 is 30.2. The lowest BCUT2D eigenvalue weighted by Crippen LogP contribution is -2.47. The van der Waals surface area contributed by atoms with Gasteiger partial charge in [0.25, 0.3) is 0 Å². The summed E-state index contributed by atoms with van der Waals surface area (Å²) >= 11 is 0. The molecule has 1 aromatic heterocycles. The zero-order chi connectivity index (χ0) is 24.6. The normalized spacial score (nSPS) is 22.6. The Morgan fingerprint density at radius 1 is 0.914 bits per heavy atom. The van der Waals surface area contributed by atoms with Crippen LogP contribution in [0.1, 0.15) is 73.6 Å². The van der Waals surface area contributed by atoms with Gasteiger partial charge in [-0.3, -0.25) is 4.79 Å². The van der Waals surface area contributed by atoms with Crippen LogP contribution >= 0.6 is 0 Å². The monoisotopic (exact) mass is 499 g/mol. The van der Waals surface area contributed by atoms with Gasteiger partial charge in [-0.05, 0) is 75.6 Å². The fourth-order valence-corrected chi connectivity index (χ4v) is 7.38. The van der Waals surface area contributed by atoms with Gasteiger partial charge in [0.15, 0.2) is 0 Å². The van der Waals surface area contributed by atoms with Gasteiger partial charge in [-0.15, -0.1) is 10.2 Å². The molecule has 2 fully saturated rings. The molecule has 2 aromatic rings. The molecule has 0 N–H and O–H groups in total. The fourth-order valence-electron chi connectivity index (χ4n) is 5.82. The maximum Gasteiger partial charge on any atom is 0.243 e. The zero-order valence-corrected chi connectivity index (χ0v) is 21.8. The van der Waals surface area contributed by atoms with Crippen LogP contribution in [0.5, 0.6) is 0 Å². The molecule has 3 aliphatic heterocycles. The van der Waals surface area contributed by atoms with Crippen molar-refractivity contribution in [2.75, 3.05) is 26.2 Å². The smallest absolute Gasteiger partial charge is 0.243 e. The van der Waals surface area contributed by atoms with E-state index in [1.54, 1.807) is 16.4 Å². The Labute approximate surface area is 208 Å². The number of aryl methyl sites for hydroxylation is 3. The second kappa shape index (κ2) is 10.0. The molecule has 1 aromatic carbocycles. The highest BCUT2D eigenvalue weighted by atomic mass is 32.2. The van der Waals surface area contributed by atoms with E-state index >= 15 is 0 Å². The molecule has 35 heavy (non-hydrogen) atoms. The lowest BCUT2D eigenvalue weighted by Gasteiger charge is -2.37. The number of nitrogens with zero attached hydrogens (tertiary/aromatic N) is 5. The minimum Gasteiger partial charge on any atom is -0.342 e. The average Bonchev–Trinajstić information content (AvgIpc) is 3.13. The maximum absolute atomic E-state index is 13.4. The summed E-state index contributed by atoms with van der Waals surface area (Å²) in [5.74, 6) is 2.44. The number of hydrogen-bond acceptors (Lipinski definition) is 5. The van der Waals surface area contributed by atoms with Crippen molar-refractivity contribution in [3.8, 4) is 0 Å². The van der Waals surface area contributed by atoms with Gasteiger partial charge >= 0.3 is 0 Å². The summed E-state index contributed by atoms with van der Waals surface area (Å²) in [7, 11) is -3.54. The largest absolute Gasteiger partial charge is 0.342 e. The summed E-state index contributed by atoms with van der Waals surface area (Å²) in [6.07, 6.45) is 7.71. The molecular formula is C26H37N5O3S. The van der Waals surface area contributed by atoms with E-state index in [0.29, 0.717) is 37.4 Å². The van der Waals surface area contributed by atoms with Crippen LogP contribution in [0, 0.1) is 19.8 Å². The third-order valence-electron chi connectivity index (χ3n) is 8.16. The molecule has 0 spiro atoms. The molecular weight excluding hydrogens is 462 g/mol. The van der Waals surface area contributed by atoms with Gasteiger partial charge in [-0.1, -0.05) is 12.5 Å². The Hall–Kier alpha value is -2.26. The van der Waals surface area contributed by atoms with Gasteiger partial charge in [0.1, 0.15) is 11.6 Å². The molecule has 3 aliphatic rings. The molecule has 1 amide bonds. The summed E-state index contributed by atoms with van der Waals surface area (Å²) in [5, 5.41) is 9.01. The molecule has 0 radical (unpaired) electrons. The van der Waals surface area contributed by atoms with Gasteiger partial charge in [0.2, 0.25) is 15.9 Å². The van der Waals surface area contributed by atoms with Gasteiger partial charge in [0.05, 0.1) is 4.90 Å².